The molecule has 0 heterocycles. The zero-order chi connectivity index (χ0) is 10.1. The first-order valence-electron chi connectivity index (χ1n) is 4.12. The first-order chi connectivity index (χ1) is 5.88. The second-order valence-electron chi connectivity index (χ2n) is 4.00. The molecule has 1 aromatic rings. The van der Waals surface area contributed by atoms with Gasteiger partial charge in [-0.2, -0.15) is 0 Å². The van der Waals surface area contributed by atoms with Gasteiger partial charge in [0.05, 0.1) is 5.69 Å². The van der Waals surface area contributed by atoms with Crippen LogP contribution in [0, 0.1) is 5.82 Å². The summed E-state index contributed by atoms with van der Waals surface area (Å²) in [5.41, 5.74) is 0.339. The van der Waals surface area contributed by atoms with Crippen LogP contribution in [0.3, 0.4) is 0 Å². The minimum absolute atomic E-state index is 0.144. The molecular weight excluding hydrogens is 189 g/mol. The quantitative estimate of drug-likeness (QED) is 0.731. The number of rotatable bonds is 1. The lowest BCUT2D eigenvalue weighted by atomic mass is 10.1. The van der Waals surface area contributed by atoms with E-state index in [-0.39, 0.29) is 11.4 Å². The van der Waals surface area contributed by atoms with E-state index in [0.29, 0.717) is 10.7 Å². The highest BCUT2D eigenvalue weighted by Crippen LogP contribution is 2.21. The van der Waals surface area contributed by atoms with Crippen LogP contribution in [0.1, 0.15) is 20.8 Å². The zero-order valence-corrected chi connectivity index (χ0v) is 8.74. The van der Waals surface area contributed by atoms with Crippen molar-refractivity contribution in [2.75, 3.05) is 5.32 Å². The van der Waals surface area contributed by atoms with Crippen LogP contribution in [-0.2, 0) is 0 Å². The van der Waals surface area contributed by atoms with E-state index in [1.54, 1.807) is 12.1 Å². The SMILES string of the molecule is CC(C)(C)Nc1ccc(Cl)cc1F. The Bertz CT molecular complexity index is 304. The predicted octanol–water partition coefficient (Wildman–Crippen LogP) is 3.69. The number of halogens is 2. The van der Waals surface area contributed by atoms with E-state index in [9.17, 15) is 4.39 Å². The molecule has 0 saturated carbocycles. The van der Waals surface area contributed by atoms with Gasteiger partial charge in [-0.05, 0) is 39.0 Å². The first-order valence-corrected chi connectivity index (χ1v) is 4.49. The highest BCUT2D eigenvalue weighted by Gasteiger charge is 2.11. The molecule has 0 fully saturated rings. The van der Waals surface area contributed by atoms with Crippen molar-refractivity contribution in [1.29, 1.82) is 0 Å². The zero-order valence-electron chi connectivity index (χ0n) is 7.99. The van der Waals surface area contributed by atoms with Crippen molar-refractivity contribution in [3.8, 4) is 0 Å². The van der Waals surface area contributed by atoms with E-state index in [4.69, 9.17) is 11.6 Å². The van der Waals surface area contributed by atoms with Crippen LogP contribution in [-0.4, -0.2) is 5.54 Å². The first kappa shape index (κ1) is 10.3. The molecule has 1 nitrogen and oxygen atoms in total. The Kier molecular flexibility index (Phi) is 2.81. The Labute approximate surface area is 82.9 Å². The summed E-state index contributed by atoms with van der Waals surface area (Å²) in [5.74, 6) is -0.317. The lowest BCUT2D eigenvalue weighted by molar-refractivity contribution is 0.598. The highest BCUT2D eigenvalue weighted by molar-refractivity contribution is 6.30. The maximum atomic E-state index is 13.2. The standard InChI is InChI=1S/C10H13ClFN/c1-10(2,3)13-9-5-4-7(11)6-8(9)12/h4-6,13H,1-3H3. The van der Waals surface area contributed by atoms with Crippen LogP contribution in [0.2, 0.25) is 5.02 Å². The molecule has 3 heteroatoms. The largest absolute Gasteiger partial charge is 0.378 e. The lowest BCUT2D eigenvalue weighted by Crippen LogP contribution is -2.26. The van der Waals surface area contributed by atoms with Gasteiger partial charge in [0.1, 0.15) is 5.82 Å². The fraction of sp³-hybridized carbons (Fsp3) is 0.400. The summed E-state index contributed by atoms with van der Waals surface area (Å²) in [7, 11) is 0. The van der Waals surface area contributed by atoms with Crippen LogP contribution >= 0.6 is 11.6 Å². The summed E-state index contributed by atoms with van der Waals surface area (Å²) in [5, 5.41) is 3.46. The van der Waals surface area contributed by atoms with Gasteiger partial charge in [-0.1, -0.05) is 11.6 Å². The van der Waals surface area contributed by atoms with Crippen molar-refractivity contribution in [3.63, 3.8) is 0 Å². The average Bonchev–Trinajstić information content (AvgIpc) is 1.93. The van der Waals surface area contributed by atoms with Gasteiger partial charge in [0.2, 0.25) is 0 Å². The monoisotopic (exact) mass is 201 g/mol. The molecular formula is C10H13ClFN. The molecule has 13 heavy (non-hydrogen) atoms. The van der Waals surface area contributed by atoms with Crippen molar-refractivity contribution in [2.45, 2.75) is 26.3 Å². The van der Waals surface area contributed by atoms with Gasteiger partial charge in [0.25, 0.3) is 0 Å². The van der Waals surface area contributed by atoms with Crippen molar-refractivity contribution >= 4 is 17.3 Å². The van der Waals surface area contributed by atoms with Crippen LogP contribution in [0.15, 0.2) is 18.2 Å². The summed E-state index contributed by atoms with van der Waals surface area (Å²) < 4.78 is 13.2. The number of hydrogen-bond acceptors (Lipinski definition) is 1. The summed E-state index contributed by atoms with van der Waals surface area (Å²) in [6, 6.07) is 4.61. The Balaban J connectivity index is 2.90. The molecule has 0 atom stereocenters. The Morgan fingerprint density at radius 1 is 1.31 bits per heavy atom. The van der Waals surface area contributed by atoms with Crippen molar-refractivity contribution < 1.29 is 4.39 Å². The van der Waals surface area contributed by atoms with Crippen LogP contribution in [0.5, 0.6) is 0 Å². The van der Waals surface area contributed by atoms with E-state index >= 15 is 0 Å². The number of benzene rings is 1. The Hall–Kier alpha value is -0.760. The Morgan fingerprint density at radius 2 is 1.92 bits per heavy atom. The van der Waals surface area contributed by atoms with Crippen LogP contribution < -0.4 is 5.32 Å². The summed E-state index contributed by atoms with van der Waals surface area (Å²) in [6.45, 7) is 5.92. The molecule has 1 aromatic carbocycles. The van der Waals surface area contributed by atoms with Crippen molar-refractivity contribution in [2.24, 2.45) is 0 Å². The van der Waals surface area contributed by atoms with E-state index in [2.05, 4.69) is 5.32 Å². The third kappa shape index (κ3) is 3.23. The van der Waals surface area contributed by atoms with E-state index in [1.807, 2.05) is 20.8 Å². The molecule has 72 valence electrons. The third-order valence-electron chi connectivity index (χ3n) is 1.44. The molecule has 1 rings (SSSR count). The van der Waals surface area contributed by atoms with Gasteiger partial charge in [0.15, 0.2) is 0 Å². The molecule has 0 saturated heterocycles. The smallest absolute Gasteiger partial charge is 0.147 e. The van der Waals surface area contributed by atoms with Gasteiger partial charge in [-0.3, -0.25) is 0 Å². The number of hydrogen-bond donors (Lipinski definition) is 1. The minimum Gasteiger partial charge on any atom is -0.378 e. The summed E-state index contributed by atoms with van der Waals surface area (Å²) >= 11 is 5.62. The second kappa shape index (κ2) is 3.54. The fourth-order valence-corrected chi connectivity index (χ4v) is 1.15. The van der Waals surface area contributed by atoms with Crippen LogP contribution in [0.4, 0.5) is 10.1 Å². The topological polar surface area (TPSA) is 12.0 Å². The molecule has 0 aromatic heterocycles. The second-order valence-corrected chi connectivity index (χ2v) is 4.44. The Morgan fingerprint density at radius 3 is 2.38 bits per heavy atom. The van der Waals surface area contributed by atoms with Gasteiger partial charge in [-0.15, -0.1) is 0 Å². The van der Waals surface area contributed by atoms with E-state index < -0.39 is 0 Å². The van der Waals surface area contributed by atoms with Crippen molar-refractivity contribution in [1.82, 2.24) is 0 Å². The molecule has 0 unspecified atom stereocenters. The normalized spacial score (nSPS) is 11.5. The fourth-order valence-electron chi connectivity index (χ4n) is 0.995. The maximum Gasteiger partial charge on any atom is 0.147 e. The van der Waals surface area contributed by atoms with Gasteiger partial charge < -0.3 is 5.32 Å². The molecule has 0 spiro atoms. The molecule has 0 aliphatic rings. The van der Waals surface area contributed by atoms with Crippen molar-refractivity contribution in [3.05, 3.63) is 29.0 Å². The summed E-state index contributed by atoms with van der Waals surface area (Å²) in [4.78, 5) is 0. The summed E-state index contributed by atoms with van der Waals surface area (Å²) in [6.07, 6.45) is 0. The van der Waals surface area contributed by atoms with Gasteiger partial charge >= 0.3 is 0 Å². The third-order valence-corrected chi connectivity index (χ3v) is 1.68. The molecule has 0 bridgehead atoms. The van der Waals surface area contributed by atoms with E-state index in [1.165, 1.54) is 6.07 Å². The average molecular weight is 202 g/mol. The molecule has 0 radical (unpaired) electrons. The maximum absolute atomic E-state index is 13.2. The molecule has 0 amide bonds. The molecule has 0 aliphatic heterocycles. The molecule has 1 N–H and O–H groups in total. The molecule has 0 aliphatic carbocycles. The van der Waals surface area contributed by atoms with Gasteiger partial charge in [-0.25, -0.2) is 4.39 Å². The van der Waals surface area contributed by atoms with Crippen LogP contribution in [0.25, 0.3) is 0 Å². The predicted molar refractivity (Wildman–Crippen MR) is 54.8 cm³/mol. The minimum atomic E-state index is -0.317. The van der Waals surface area contributed by atoms with E-state index in [0.717, 1.165) is 0 Å². The van der Waals surface area contributed by atoms with Gasteiger partial charge in [0, 0.05) is 10.6 Å². The number of nitrogens with one attached hydrogen (secondary N) is 1. The highest BCUT2D eigenvalue weighted by atomic mass is 35.5. The lowest BCUT2D eigenvalue weighted by Gasteiger charge is -2.22. The number of anilines is 1.